The SMILES string of the molecule is CCCCN1C=NC(CCC(=O)OC)(C(=O)OC)C1C1CCC(C(c2cccc(F)c2)N(C)C)CC1. The Bertz CT molecular complexity index is 916. The number of methoxy groups -OCH3 is 2. The number of hydrogen-bond donors (Lipinski definition) is 0. The predicted octanol–water partition coefficient (Wildman–Crippen LogP) is 4.61. The maximum absolute atomic E-state index is 14.0. The summed E-state index contributed by atoms with van der Waals surface area (Å²) in [6.45, 7) is 2.96. The Morgan fingerprint density at radius 2 is 1.92 bits per heavy atom. The average Bonchev–Trinajstić information content (AvgIpc) is 3.25. The summed E-state index contributed by atoms with van der Waals surface area (Å²) in [6.07, 6.45) is 8.00. The largest absolute Gasteiger partial charge is 0.469 e. The molecule has 0 bridgehead atoms. The van der Waals surface area contributed by atoms with Gasteiger partial charge in [-0.25, -0.2) is 9.18 Å². The first-order chi connectivity index (χ1) is 17.3. The summed E-state index contributed by atoms with van der Waals surface area (Å²) >= 11 is 0. The lowest BCUT2D eigenvalue weighted by molar-refractivity contribution is -0.151. The summed E-state index contributed by atoms with van der Waals surface area (Å²) in [5, 5.41) is 0. The number of esters is 2. The van der Waals surface area contributed by atoms with E-state index < -0.39 is 5.54 Å². The quantitative estimate of drug-likeness (QED) is 0.411. The second-order valence-corrected chi connectivity index (χ2v) is 10.4. The van der Waals surface area contributed by atoms with Gasteiger partial charge in [-0.05, 0) is 82.2 Å². The first kappa shape index (κ1) is 28.1. The molecule has 3 atom stereocenters. The molecule has 1 fully saturated rings. The Labute approximate surface area is 215 Å². The standard InChI is InChI=1S/C28H42FN3O4/c1-6-7-17-32-19-30-28(27(34)36-5,16-15-24(33)35-4)26(32)21-13-11-20(12-14-21)25(31(2)3)22-9-8-10-23(29)18-22/h8-10,18-21,25-26H,6-7,11-17H2,1-5H3. The van der Waals surface area contributed by atoms with E-state index in [-0.39, 0.29) is 48.6 Å². The predicted molar refractivity (Wildman–Crippen MR) is 138 cm³/mol. The number of ether oxygens (including phenoxy) is 2. The monoisotopic (exact) mass is 503 g/mol. The fraction of sp³-hybridized carbons (Fsp3) is 0.679. The van der Waals surface area contributed by atoms with Crippen molar-refractivity contribution in [2.24, 2.45) is 16.8 Å². The first-order valence-electron chi connectivity index (χ1n) is 13.2. The van der Waals surface area contributed by atoms with Crippen LogP contribution in [0.4, 0.5) is 4.39 Å². The molecule has 8 heteroatoms. The van der Waals surface area contributed by atoms with Gasteiger partial charge in [-0.1, -0.05) is 25.5 Å². The van der Waals surface area contributed by atoms with Crippen molar-refractivity contribution in [2.75, 3.05) is 34.9 Å². The zero-order chi connectivity index (χ0) is 26.3. The molecule has 0 radical (unpaired) electrons. The van der Waals surface area contributed by atoms with Gasteiger partial charge in [0.25, 0.3) is 0 Å². The van der Waals surface area contributed by atoms with Crippen LogP contribution in [-0.2, 0) is 19.1 Å². The molecule has 1 saturated carbocycles. The van der Waals surface area contributed by atoms with Crippen molar-refractivity contribution in [1.29, 1.82) is 0 Å². The van der Waals surface area contributed by atoms with Crippen molar-refractivity contribution < 1.29 is 23.5 Å². The molecule has 2 aliphatic rings. The highest BCUT2D eigenvalue weighted by Crippen LogP contribution is 2.46. The summed E-state index contributed by atoms with van der Waals surface area (Å²) in [5.41, 5.74) is -0.114. The molecule has 200 valence electrons. The summed E-state index contributed by atoms with van der Waals surface area (Å²) in [7, 11) is 6.85. The van der Waals surface area contributed by atoms with Gasteiger partial charge in [-0.2, -0.15) is 0 Å². The molecule has 0 aromatic heterocycles. The molecule has 0 N–H and O–H groups in total. The molecule has 3 unspecified atom stereocenters. The van der Waals surface area contributed by atoms with Gasteiger partial charge in [0.05, 0.1) is 26.6 Å². The van der Waals surface area contributed by atoms with Crippen LogP contribution in [0.3, 0.4) is 0 Å². The van der Waals surface area contributed by atoms with Gasteiger partial charge in [0, 0.05) is 19.0 Å². The van der Waals surface area contributed by atoms with E-state index in [9.17, 15) is 14.0 Å². The third kappa shape index (κ3) is 6.07. The number of carbonyl (C=O) groups is 2. The minimum absolute atomic E-state index is 0.110. The Morgan fingerprint density at radius 1 is 1.19 bits per heavy atom. The summed E-state index contributed by atoms with van der Waals surface area (Å²) in [6, 6.07) is 6.88. The molecule has 1 aliphatic heterocycles. The molecule has 3 rings (SSSR count). The van der Waals surface area contributed by atoms with E-state index >= 15 is 0 Å². The molecular weight excluding hydrogens is 461 g/mol. The molecule has 0 saturated heterocycles. The normalized spacial score (nSPS) is 26.8. The Morgan fingerprint density at radius 3 is 2.50 bits per heavy atom. The van der Waals surface area contributed by atoms with E-state index in [1.54, 1.807) is 18.5 Å². The highest BCUT2D eigenvalue weighted by molar-refractivity contribution is 5.87. The highest BCUT2D eigenvalue weighted by Gasteiger charge is 2.55. The number of aliphatic imine (C=N–C) groups is 1. The molecule has 1 aromatic carbocycles. The van der Waals surface area contributed by atoms with E-state index in [1.165, 1.54) is 20.3 Å². The smallest absolute Gasteiger partial charge is 0.336 e. The van der Waals surface area contributed by atoms with Gasteiger partial charge in [0.2, 0.25) is 0 Å². The summed E-state index contributed by atoms with van der Waals surface area (Å²) in [4.78, 5) is 34.4. The lowest BCUT2D eigenvalue weighted by Gasteiger charge is -2.44. The minimum atomic E-state index is -1.11. The van der Waals surface area contributed by atoms with Crippen LogP contribution >= 0.6 is 0 Å². The van der Waals surface area contributed by atoms with Crippen LogP contribution in [0.25, 0.3) is 0 Å². The van der Waals surface area contributed by atoms with Gasteiger partial charge in [0.15, 0.2) is 5.54 Å². The van der Waals surface area contributed by atoms with Crippen LogP contribution < -0.4 is 0 Å². The third-order valence-electron chi connectivity index (χ3n) is 7.99. The summed E-state index contributed by atoms with van der Waals surface area (Å²) in [5.74, 6) is -0.345. The fourth-order valence-electron chi connectivity index (χ4n) is 6.32. The van der Waals surface area contributed by atoms with E-state index in [0.717, 1.165) is 50.6 Å². The zero-order valence-electron chi connectivity index (χ0n) is 22.4. The Hall–Kier alpha value is -2.48. The average molecular weight is 504 g/mol. The van der Waals surface area contributed by atoms with Crippen molar-refractivity contribution in [2.45, 2.75) is 75.9 Å². The number of rotatable bonds is 11. The maximum atomic E-state index is 14.0. The lowest BCUT2D eigenvalue weighted by atomic mass is 9.69. The number of nitrogens with zero attached hydrogens (tertiary/aromatic N) is 3. The third-order valence-corrected chi connectivity index (χ3v) is 7.99. The fourth-order valence-corrected chi connectivity index (χ4v) is 6.32. The Kier molecular flexibility index (Phi) is 9.88. The van der Waals surface area contributed by atoms with Crippen LogP contribution in [0.2, 0.25) is 0 Å². The van der Waals surface area contributed by atoms with E-state index in [4.69, 9.17) is 14.5 Å². The van der Waals surface area contributed by atoms with Gasteiger partial charge >= 0.3 is 11.9 Å². The van der Waals surface area contributed by atoms with Gasteiger partial charge in [-0.3, -0.25) is 9.79 Å². The van der Waals surface area contributed by atoms with Crippen LogP contribution in [0, 0.1) is 17.7 Å². The van der Waals surface area contributed by atoms with Gasteiger partial charge < -0.3 is 19.3 Å². The zero-order valence-corrected chi connectivity index (χ0v) is 22.4. The molecule has 36 heavy (non-hydrogen) atoms. The number of carbonyl (C=O) groups excluding carboxylic acids is 2. The molecule has 0 amide bonds. The van der Waals surface area contributed by atoms with Crippen molar-refractivity contribution in [1.82, 2.24) is 9.80 Å². The van der Waals surface area contributed by atoms with E-state index in [2.05, 4.69) is 16.7 Å². The summed E-state index contributed by atoms with van der Waals surface area (Å²) < 4.78 is 24.1. The van der Waals surface area contributed by atoms with Crippen LogP contribution in [0.15, 0.2) is 29.3 Å². The highest BCUT2D eigenvalue weighted by atomic mass is 19.1. The van der Waals surface area contributed by atoms with E-state index in [1.807, 2.05) is 20.2 Å². The van der Waals surface area contributed by atoms with Crippen molar-refractivity contribution >= 4 is 18.3 Å². The molecular formula is C28H42FN3O4. The van der Waals surface area contributed by atoms with Crippen molar-refractivity contribution in [3.05, 3.63) is 35.6 Å². The topological polar surface area (TPSA) is 71.4 Å². The number of hydrogen-bond acceptors (Lipinski definition) is 7. The second kappa shape index (κ2) is 12.7. The number of benzene rings is 1. The van der Waals surface area contributed by atoms with Crippen molar-refractivity contribution in [3.63, 3.8) is 0 Å². The lowest BCUT2D eigenvalue weighted by Crippen LogP contribution is -2.56. The van der Waals surface area contributed by atoms with Crippen LogP contribution in [0.5, 0.6) is 0 Å². The van der Waals surface area contributed by atoms with E-state index in [0.29, 0.717) is 5.92 Å². The molecule has 1 heterocycles. The van der Waals surface area contributed by atoms with Crippen molar-refractivity contribution in [3.8, 4) is 0 Å². The van der Waals surface area contributed by atoms with Crippen LogP contribution in [-0.4, -0.2) is 74.5 Å². The number of unbranched alkanes of at least 4 members (excludes halogenated alkanes) is 1. The number of halogens is 1. The van der Waals surface area contributed by atoms with Gasteiger partial charge in [-0.15, -0.1) is 0 Å². The molecule has 7 nitrogen and oxygen atoms in total. The first-order valence-corrected chi connectivity index (χ1v) is 13.2. The molecule has 1 aliphatic carbocycles. The maximum Gasteiger partial charge on any atom is 0.336 e. The molecule has 1 aromatic rings. The van der Waals surface area contributed by atoms with Gasteiger partial charge in [0.1, 0.15) is 5.82 Å². The van der Waals surface area contributed by atoms with Crippen LogP contribution in [0.1, 0.15) is 69.9 Å². The molecule has 0 spiro atoms. The Balaban J connectivity index is 1.84. The second-order valence-electron chi connectivity index (χ2n) is 10.4. The minimum Gasteiger partial charge on any atom is -0.469 e.